The summed E-state index contributed by atoms with van der Waals surface area (Å²) in [6.07, 6.45) is 0.711. The molecule has 13 heavy (non-hydrogen) atoms. The number of benzene rings is 1. The normalized spacial score (nSPS) is 22.2. The second-order valence-corrected chi connectivity index (χ2v) is 2.97. The van der Waals surface area contributed by atoms with Gasteiger partial charge < -0.3 is 4.84 Å². The molecular formula is C9H9F2NO. The number of hydroxylamine groups is 1. The minimum atomic E-state index is -0.555. The van der Waals surface area contributed by atoms with Crippen LogP contribution in [0.1, 0.15) is 18.0 Å². The first kappa shape index (κ1) is 8.59. The maximum Gasteiger partial charge on any atom is 0.130 e. The predicted molar refractivity (Wildman–Crippen MR) is 42.8 cm³/mol. The van der Waals surface area contributed by atoms with Gasteiger partial charge in [-0.05, 0) is 12.5 Å². The number of halogens is 2. The van der Waals surface area contributed by atoms with Crippen molar-refractivity contribution in [2.75, 3.05) is 6.61 Å². The van der Waals surface area contributed by atoms with Crippen molar-refractivity contribution in [2.24, 2.45) is 0 Å². The topological polar surface area (TPSA) is 21.3 Å². The Hall–Kier alpha value is -1.00. The summed E-state index contributed by atoms with van der Waals surface area (Å²) in [5.41, 5.74) is 3.13. The first-order valence-electron chi connectivity index (χ1n) is 4.09. The molecule has 1 saturated heterocycles. The molecule has 4 heteroatoms. The van der Waals surface area contributed by atoms with Gasteiger partial charge in [-0.2, -0.15) is 5.48 Å². The maximum atomic E-state index is 13.2. The van der Waals surface area contributed by atoms with Gasteiger partial charge in [0.05, 0.1) is 12.6 Å². The highest BCUT2D eigenvalue weighted by Gasteiger charge is 2.20. The summed E-state index contributed by atoms with van der Waals surface area (Å²) in [4.78, 5) is 4.89. The molecule has 1 aromatic carbocycles. The van der Waals surface area contributed by atoms with Crippen LogP contribution in [0.5, 0.6) is 0 Å². The van der Waals surface area contributed by atoms with Crippen LogP contribution < -0.4 is 5.48 Å². The minimum Gasteiger partial charge on any atom is -0.301 e. The zero-order valence-corrected chi connectivity index (χ0v) is 6.89. The lowest BCUT2D eigenvalue weighted by Crippen LogP contribution is -2.12. The van der Waals surface area contributed by atoms with Gasteiger partial charge in [-0.3, -0.25) is 0 Å². The third-order valence-corrected chi connectivity index (χ3v) is 2.07. The maximum absolute atomic E-state index is 13.2. The number of nitrogens with one attached hydrogen (secondary N) is 1. The van der Waals surface area contributed by atoms with E-state index in [2.05, 4.69) is 5.48 Å². The Morgan fingerprint density at radius 1 is 1.38 bits per heavy atom. The van der Waals surface area contributed by atoms with E-state index >= 15 is 0 Å². The quantitative estimate of drug-likeness (QED) is 0.721. The summed E-state index contributed by atoms with van der Waals surface area (Å²) >= 11 is 0. The van der Waals surface area contributed by atoms with Crippen molar-refractivity contribution in [3.8, 4) is 0 Å². The zero-order chi connectivity index (χ0) is 9.26. The number of rotatable bonds is 1. The van der Waals surface area contributed by atoms with Crippen LogP contribution in [0, 0.1) is 11.6 Å². The molecule has 1 aliphatic rings. The summed E-state index contributed by atoms with van der Waals surface area (Å²) < 4.78 is 25.7. The zero-order valence-electron chi connectivity index (χ0n) is 6.89. The second-order valence-electron chi connectivity index (χ2n) is 2.97. The molecule has 2 nitrogen and oxygen atoms in total. The van der Waals surface area contributed by atoms with E-state index in [1.807, 2.05) is 0 Å². The molecule has 1 aromatic rings. The summed E-state index contributed by atoms with van der Waals surface area (Å²) in [6.45, 7) is 0.557. The van der Waals surface area contributed by atoms with Gasteiger partial charge in [0.1, 0.15) is 11.6 Å². The minimum absolute atomic E-state index is 0.152. The largest absolute Gasteiger partial charge is 0.301 e. The van der Waals surface area contributed by atoms with Crippen LogP contribution in [-0.2, 0) is 4.84 Å². The van der Waals surface area contributed by atoms with Crippen molar-refractivity contribution in [2.45, 2.75) is 12.5 Å². The van der Waals surface area contributed by atoms with Crippen molar-refractivity contribution in [1.29, 1.82) is 0 Å². The fraction of sp³-hybridized carbons (Fsp3) is 0.333. The van der Waals surface area contributed by atoms with Crippen LogP contribution in [-0.4, -0.2) is 6.61 Å². The van der Waals surface area contributed by atoms with E-state index in [1.165, 1.54) is 12.1 Å². The molecular weight excluding hydrogens is 176 g/mol. The molecule has 0 saturated carbocycles. The second kappa shape index (κ2) is 3.40. The van der Waals surface area contributed by atoms with Crippen molar-refractivity contribution >= 4 is 0 Å². The Bertz CT molecular complexity index is 310. The molecule has 1 unspecified atom stereocenters. The van der Waals surface area contributed by atoms with Crippen LogP contribution in [0.25, 0.3) is 0 Å². The number of hydrogen-bond donors (Lipinski definition) is 1. The fourth-order valence-corrected chi connectivity index (χ4v) is 1.40. The molecule has 1 aliphatic heterocycles. The Kier molecular flexibility index (Phi) is 2.24. The molecule has 1 fully saturated rings. The lowest BCUT2D eigenvalue weighted by atomic mass is 10.1. The molecule has 1 N–H and O–H groups in total. The third-order valence-electron chi connectivity index (χ3n) is 2.07. The molecule has 0 bridgehead atoms. The van der Waals surface area contributed by atoms with E-state index < -0.39 is 11.6 Å². The molecule has 0 spiro atoms. The highest BCUT2D eigenvalue weighted by Crippen LogP contribution is 2.23. The van der Waals surface area contributed by atoms with Gasteiger partial charge in [0.25, 0.3) is 0 Å². The van der Waals surface area contributed by atoms with Crippen LogP contribution in [0.15, 0.2) is 18.2 Å². The van der Waals surface area contributed by atoms with Crippen molar-refractivity contribution < 1.29 is 13.6 Å². The average molecular weight is 185 g/mol. The fourth-order valence-electron chi connectivity index (χ4n) is 1.40. The van der Waals surface area contributed by atoms with E-state index in [-0.39, 0.29) is 6.04 Å². The Morgan fingerprint density at radius 3 is 2.85 bits per heavy atom. The smallest absolute Gasteiger partial charge is 0.130 e. The highest BCUT2D eigenvalue weighted by molar-refractivity contribution is 5.22. The number of hydrogen-bond acceptors (Lipinski definition) is 2. The lowest BCUT2D eigenvalue weighted by Gasteiger charge is -2.09. The Morgan fingerprint density at radius 2 is 2.23 bits per heavy atom. The van der Waals surface area contributed by atoms with Crippen LogP contribution in [0.3, 0.4) is 0 Å². The Balaban J connectivity index is 2.29. The average Bonchev–Trinajstić information content (AvgIpc) is 2.56. The predicted octanol–water partition coefficient (Wildman–Crippen LogP) is 1.93. The van der Waals surface area contributed by atoms with Crippen molar-refractivity contribution in [3.63, 3.8) is 0 Å². The van der Waals surface area contributed by atoms with Crippen LogP contribution in [0.4, 0.5) is 8.78 Å². The standard InChI is InChI=1S/C9H9F2NO/c10-6-1-2-7(8(11)5-6)9-3-4-13-12-9/h1-2,5,9,12H,3-4H2. The monoisotopic (exact) mass is 185 g/mol. The third kappa shape index (κ3) is 1.68. The lowest BCUT2D eigenvalue weighted by molar-refractivity contribution is 0.0877. The van der Waals surface area contributed by atoms with Gasteiger partial charge in [-0.15, -0.1) is 0 Å². The molecule has 0 aliphatic carbocycles. The molecule has 2 rings (SSSR count). The van der Waals surface area contributed by atoms with E-state index in [0.29, 0.717) is 18.6 Å². The molecule has 70 valence electrons. The SMILES string of the molecule is Fc1ccc(C2CCON2)c(F)c1. The molecule has 0 radical (unpaired) electrons. The highest BCUT2D eigenvalue weighted by atomic mass is 19.1. The van der Waals surface area contributed by atoms with Gasteiger partial charge in [-0.25, -0.2) is 8.78 Å². The summed E-state index contributed by atoms with van der Waals surface area (Å²) in [6, 6.07) is 3.42. The van der Waals surface area contributed by atoms with Gasteiger partial charge in [0.2, 0.25) is 0 Å². The summed E-state index contributed by atoms with van der Waals surface area (Å²) in [5, 5.41) is 0. The molecule has 0 aromatic heterocycles. The Labute approximate surface area is 74.5 Å². The van der Waals surface area contributed by atoms with Gasteiger partial charge >= 0.3 is 0 Å². The summed E-state index contributed by atoms with van der Waals surface area (Å²) in [7, 11) is 0. The first-order chi connectivity index (χ1) is 6.27. The molecule has 1 atom stereocenters. The van der Waals surface area contributed by atoms with Crippen molar-refractivity contribution in [1.82, 2.24) is 5.48 Å². The first-order valence-corrected chi connectivity index (χ1v) is 4.09. The summed E-state index contributed by atoms with van der Waals surface area (Å²) in [5.74, 6) is -1.08. The van der Waals surface area contributed by atoms with E-state index in [9.17, 15) is 8.78 Å². The van der Waals surface area contributed by atoms with Gasteiger partial charge in [0, 0.05) is 11.6 Å². The molecule has 1 heterocycles. The van der Waals surface area contributed by atoms with Gasteiger partial charge in [-0.1, -0.05) is 6.07 Å². The van der Waals surface area contributed by atoms with Gasteiger partial charge in [0.15, 0.2) is 0 Å². The van der Waals surface area contributed by atoms with E-state index in [0.717, 1.165) is 6.07 Å². The molecule has 0 amide bonds. The van der Waals surface area contributed by atoms with E-state index in [4.69, 9.17) is 4.84 Å². The van der Waals surface area contributed by atoms with E-state index in [1.54, 1.807) is 0 Å². The van der Waals surface area contributed by atoms with Crippen LogP contribution >= 0.6 is 0 Å². The van der Waals surface area contributed by atoms with Crippen LogP contribution in [0.2, 0.25) is 0 Å². The van der Waals surface area contributed by atoms with Crippen molar-refractivity contribution in [3.05, 3.63) is 35.4 Å².